The number of nitrogens with zero attached hydrogens (tertiary/aromatic N) is 4. The molecular weight excluding hydrogens is 403 g/mol. The van der Waals surface area contributed by atoms with Crippen molar-refractivity contribution < 1.29 is 18.0 Å². The molecule has 0 bridgehead atoms. The number of benzene rings is 1. The van der Waals surface area contributed by atoms with Crippen molar-refractivity contribution in [2.75, 3.05) is 11.1 Å². The molecule has 3 rings (SSSR count). The fraction of sp³-hybridized carbons (Fsp3) is 0.250. The Morgan fingerprint density at radius 2 is 2.00 bits per heavy atom. The van der Waals surface area contributed by atoms with Crippen LogP contribution in [0.2, 0.25) is 5.02 Å². The number of amides is 1. The number of carbonyl (C=O) groups is 1. The maximum absolute atomic E-state index is 12.9. The molecule has 0 saturated heterocycles. The van der Waals surface area contributed by atoms with Gasteiger partial charge in [0.05, 0.1) is 16.3 Å². The molecule has 2 aromatic heterocycles. The Labute approximate surface area is 161 Å². The molecule has 0 aliphatic heterocycles. The SMILES string of the molecule is Cc1cc2nnc(SCC(=O)Nc3ccc(Cl)c(C(F)(F)F)c3)n2c(C)n1. The average molecular weight is 416 g/mol. The molecule has 0 aliphatic rings. The lowest BCUT2D eigenvalue weighted by molar-refractivity contribution is -0.137. The molecule has 11 heteroatoms. The van der Waals surface area contributed by atoms with Gasteiger partial charge in [-0.2, -0.15) is 13.2 Å². The van der Waals surface area contributed by atoms with E-state index >= 15 is 0 Å². The van der Waals surface area contributed by atoms with Crippen LogP contribution in [0.1, 0.15) is 17.1 Å². The summed E-state index contributed by atoms with van der Waals surface area (Å²) in [5.41, 5.74) is 0.410. The molecule has 1 amide bonds. The summed E-state index contributed by atoms with van der Waals surface area (Å²) in [6.45, 7) is 3.63. The minimum absolute atomic E-state index is 0.0110. The van der Waals surface area contributed by atoms with Crippen LogP contribution in [0.25, 0.3) is 5.65 Å². The van der Waals surface area contributed by atoms with Crippen LogP contribution in [0.5, 0.6) is 0 Å². The van der Waals surface area contributed by atoms with Gasteiger partial charge in [-0.1, -0.05) is 23.4 Å². The van der Waals surface area contributed by atoms with E-state index < -0.39 is 22.7 Å². The Hall–Kier alpha value is -2.33. The molecule has 1 aromatic carbocycles. The number of anilines is 1. The molecule has 0 radical (unpaired) electrons. The Morgan fingerprint density at radius 3 is 2.70 bits per heavy atom. The summed E-state index contributed by atoms with van der Waals surface area (Å²) in [4.78, 5) is 16.4. The van der Waals surface area contributed by atoms with E-state index in [9.17, 15) is 18.0 Å². The molecule has 6 nitrogen and oxygen atoms in total. The third kappa shape index (κ3) is 4.33. The minimum Gasteiger partial charge on any atom is -0.325 e. The van der Waals surface area contributed by atoms with E-state index in [1.165, 1.54) is 6.07 Å². The number of aromatic nitrogens is 4. The first kappa shape index (κ1) is 19.4. The highest BCUT2D eigenvalue weighted by Crippen LogP contribution is 2.36. The molecule has 0 aliphatic carbocycles. The highest BCUT2D eigenvalue weighted by Gasteiger charge is 2.33. The monoisotopic (exact) mass is 415 g/mol. The third-order valence-electron chi connectivity index (χ3n) is 3.55. The molecule has 2 heterocycles. The van der Waals surface area contributed by atoms with Crippen molar-refractivity contribution in [3.8, 4) is 0 Å². The number of alkyl halides is 3. The molecule has 27 heavy (non-hydrogen) atoms. The molecular formula is C16H13ClF3N5OS. The van der Waals surface area contributed by atoms with E-state index in [4.69, 9.17) is 11.6 Å². The van der Waals surface area contributed by atoms with Crippen LogP contribution < -0.4 is 5.32 Å². The second-order valence-corrected chi connectivity index (χ2v) is 7.00. The summed E-state index contributed by atoms with van der Waals surface area (Å²) in [6.07, 6.45) is -4.60. The first-order valence-corrected chi connectivity index (χ1v) is 9.00. The molecule has 1 N–H and O–H groups in total. The number of carbonyl (C=O) groups excluding carboxylic acids is 1. The smallest absolute Gasteiger partial charge is 0.325 e. The Bertz CT molecular complexity index is 1020. The number of aryl methyl sites for hydroxylation is 2. The van der Waals surface area contributed by atoms with Gasteiger partial charge in [-0.3, -0.25) is 9.20 Å². The standard InChI is InChI=1S/C16H13ClF3N5OS/c1-8-5-13-23-24-15(25(13)9(2)21-8)27-7-14(26)22-10-3-4-12(17)11(6-10)16(18,19)20/h3-6H,7H2,1-2H3,(H,22,26). The average Bonchev–Trinajstić information content (AvgIpc) is 2.97. The van der Waals surface area contributed by atoms with E-state index in [2.05, 4.69) is 20.5 Å². The lowest BCUT2D eigenvalue weighted by Crippen LogP contribution is -2.15. The van der Waals surface area contributed by atoms with Crippen LogP contribution in [0.4, 0.5) is 18.9 Å². The second kappa shape index (κ2) is 7.35. The van der Waals surface area contributed by atoms with Gasteiger partial charge in [0, 0.05) is 17.4 Å². The van der Waals surface area contributed by atoms with Crippen LogP contribution in [0.15, 0.2) is 29.4 Å². The van der Waals surface area contributed by atoms with E-state index in [1.807, 2.05) is 6.92 Å². The van der Waals surface area contributed by atoms with E-state index in [-0.39, 0.29) is 11.4 Å². The van der Waals surface area contributed by atoms with Crippen LogP contribution in [0.3, 0.4) is 0 Å². The van der Waals surface area contributed by atoms with Crippen molar-refractivity contribution in [1.29, 1.82) is 0 Å². The largest absolute Gasteiger partial charge is 0.417 e. The van der Waals surface area contributed by atoms with Gasteiger partial charge in [0.1, 0.15) is 5.82 Å². The zero-order valence-electron chi connectivity index (χ0n) is 14.1. The van der Waals surface area contributed by atoms with Gasteiger partial charge in [-0.15, -0.1) is 10.2 Å². The van der Waals surface area contributed by atoms with E-state index in [0.717, 1.165) is 29.6 Å². The lowest BCUT2D eigenvalue weighted by atomic mass is 10.2. The van der Waals surface area contributed by atoms with Crippen LogP contribution in [0, 0.1) is 13.8 Å². The quantitative estimate of drug-likeness (QED) is 0.648. The van der Waals surface area contributed by atoms with Crippen molar-refractivity contribution in [1.82, 2.24) is 19.6 Å². The number of halogens is 4. The highest BCUT2D eigenvalue weighted by atomic mass is 35.5. The first-order valence-electron chi connectivity index (χ1n) is 7.64. The number of fused-ring (bicyclic) bond motifs is 1. The van der Waals surface area contributed by atoms with Gasteiger partial charge in [0.15, 0.2) is 10.8 Å². The van der Waals surface area contributed by atoms with Crippen LogP contribution in [-0.4, -0.2) is 31.2 Å². The lowest BCUT2D eigenvalue weighted by Gasteiger charge is -2.11. The number of thioether (sulfide) groups is 1. The van der Waals surface area contributed by atoms with Gasteiger partial charge < -0.3 is 5.32 Å². The van der Waals surface area contributed by atoms with Gasteiger partial charge in [0.25, 0.3) is 0 Å². The summed E-state index contributed by atoms with van der Waals surface area (Å²) >= 11 is 6.67. The Kier molecular flexibility index (Phi) is 5.29. The molecule has 0 unspecified atom stereocenters. The van der Waals surface area contributed by atoms with Gasteiger partial charge in [-0.25, -0.2) is 4.98 Å². The Morgan fingerprint density at radius 1 is 1.26 bits per heavy atom. The normalized spacial score (nSPS) is 11.8. The zero-order chi connectivity index (χ0) is 19.8. The van der Waals surface area contributed by atoms with Gasteiger partial charge >= 0.3 is 6.18 Å². The van der Waals surface area contributed by atoms with Crippen molar-refractivity contribution in [2.24, 2.45) is 0 Å². The highest BCUT2D eigenvalue weighted by molar-refractivity contribution is 7.99. The maximum atomic E-state index is 12.9. The second-order valence-electron chi connectivity index (χ2n) is 5.65. The molecule has 0 spiro atoms. The molecule has 142 valence electrons. The Balaban J connectivity index is 1.71. The molecule has 0 atom stereocenters. The van der Waals surface area contributed by atoms with Gasteiger partial charge in [0.2, 0.25) is 5.91 Å². The van der Waals surface area contributed by atoms with Crippen molar-refractivity contribution in [3.05, 3.63) is 46.4 Å². The first-order chi connectivity index (χ1) is 12.6. The van der Waals surface area contributed by atoms with E-state index in [0.29, 0.717) is 16.6 Å². The summed E-state index contributed by atoms with van der Waals surface area (Å²) < 4.78 is 40.4. The van der Waals surface area contributed by atoms with Crippen molar-refractivity contribution >= 4 is 40.6 Å². The minimum atomic E-state index is -4.60. The summed E-state index contributed by atoms with van der Waals surface area (Å²) in [5, 5.41) is 10.5. The number of rotatable bonds is 4. The number of hydrogen-bond acceptors (Lipinski definition) is 5. The number of nitrogens with one attached hydrogen (secondary N) is 1. The van der Waals surface area contributed by atoms with Crippen molar-refractivity contribution in [3.63, 3.8) is 0 Å². The fourth-order valence-corrected chi connectivity index (χ4v) is 3.45. The topological polar surface area (TPSA) is 72.2 Å². The predicted octanol–water partition coefficient (Wildman–Crippen LogP) is 4.14. The van der Waals surface area contributed by atoms with Crippen LogP contribution in [-0.2, 0) is 11.0 Å². The van der Waals surface area contributed by atoms with Crippen LogP contribution >= 0.6 is 23.4 Å². The summed E-state index contributed by atoms with van der Waals surface area (Å²) in [7, 11) is 0. The summed E-state index contributed by atoms with van der Waals surface area (Å²) in [5.74, 6) is 0.133. The molecule has 0 fully saturated rings. The fourth-order valence-electron chi connectivity index (χ4n) is 2.44. The predicted molar refractivity (Wildman–Crippen MR) is 96.1 cm³/mol. The van der Waals surface area contributed by atoms with E-state index in [1.54, 1.807) is 17.4 Å². The molecule has 0 saturated carbocycles. The third-order valence-corrected chi connectivity index (χ3v) is 4.80. The van der Waals surface area contributed by atoms with Gasteiger partial charge in [-0.05, 0) is 32.0 Å². The maximum Gasteiger partial charge on any atom is 0.417 e. The summed E-state index contributed by atoms with van der Waals surface area (Å²) in [6, 6.07) is 4.96. The van der Waals surface area contributed by atoms with Crippen molar-refractivity contribution in [2.45, 2.75) is 25.2 Å². The molecule has 3 aromatic rings. The zero-order valence-corrected chi connectivity index (χ0v) is 15.7. The number of hydrogen-bond donors (Lipinski definition) is 1.